The standard InChI is InChI=1S/C23H29N3O3/c1-21(2,3)29-20(27)26-18-22(4,5)19(23(18,6)7)28-16-11-10-14(13-24)17-15(16)9-8-12-25-17/h8-12,18-19H,1-7H3,(H,26,27). The van der Waals surface area contributed by atoms with Gasteiger partial charge in [0.2, 0.25) is 0 Å². The van der Waals surface area contributed by atoms with Crippen molar-refractivity contribution < 1.29 is 14.3 Å². The second-order valence-corrected chi connectivity index (χ2v) is 9.84. The van der Waals surface area contributed by atoms with E-state index in [0.717, 1.165) is 5.39 Å². The molecule has 0 unspecified atom stereocenters. The predicted molar refractivity (Wildman–Crippen MR) is 112 cm³/mol. The highest BCUT2D eigenvalue weighted by molar-refractivity contribution is 5.89. The first-order valence-electron chi connectivity index (χ1n) is 9.82. The topological polar surface area (TPSA) is 84.2 Å². The SMILES string of the molecule is CC(C)(C)OC(=O)NC1C(C)(C)C(Oc2ccc(C#N)c3ncccc23)C1(C)C. The van der Waals surface area contributed by atoms with Gasteiger partial charge in [0.15, 0.2) is 0 Å². The zero-order chi connectivity index (χ0) is 21.6. The summed E-state index contributed by atoms with van der Waals surface area (Å²) < 4.78 is 11.9. The monoisotopic (exact) mass is 395 g/mol. The third-order valence-electron chi connectivity index (χ3n) is 5.60. The second-order valence-electron chi connectivity index (χ2n) is 9.84. The molecule has 0 radical (unpaired) electrons. The lowest BCUT2D eigenvalue weighted by atomic mass is 9.49. The van der Waals surface area contributed by atoms with Crippen LogP contribution in [-0.4, -0.2) is 28.8 Å². The van der Waals surface area contributed by atoms with E-state index in [1.165, 1.54) is 0 Å². The summed E-state index contributed by atoms with van der Waals surface area (Å²) in [5.41, 5.74) is -0.0339. The van der Waals surface area contributed by atoms with Gasteiger partial charge in [-0.1, -0.05) is 27.7 Å². The maximum Gasteiger partial charge on any atom is 0.407 e. The molecule has 0 atom stereocenters. The molecule has 0 bridgehead atoms. The molecule has 0 aliphatic heterocycles. The fraction of sp³-hybridized carbons (Fsp3) is 0.522. The van der Waals surface area contributed by atoms with E-state index in [1.54, 1.807) is 12.3 Å². The summed E-state index contributed by atoms with van der Waals surface area (Å²) in [6.45, 7) is 13.9. The molecule has 1 N–H and O–H groups in total. The van der Waals surface area contributed by atoms with Crippen LogP contribution in [0.15, 0.2) is 30.5 Å². The van der Waals surface area contributed by atoms with E-state index in [2.05, 4.69) is 44.1 Å². The van der Waals surface area contributed by atoms with Gasteiger partial charge in [-0.2, -0.15) is 5.26 Å². The number of rotatable bonds is 3. The second kappa shape index (κ2) is 6.91. The molecule has 1 aliphatic carbocycles. The Morgan fingerprint density at radius 2 is 1.83 bits per heavy atom. The lowest BCUT2D eigenvalue weighted by Gasteiger charge is -2.62. The smallest absolute Gasteiger partial charge is 0.407 e. The maximum atomic E-state index is 12.3. The fourth-order valence-electron chi connectivity index (χ4n) is 4.69. The maximum absolute atomic E-state index is 12.3. The van der Waals surface area contributed by atoms with Crippen molar-refractivity contribution in [2.24, 2.45) is 10.8 Å². The van der Waals surface area contributed by atoms with Gasteiger partial charge in [-0.15, -0.1) is 0 Å². The summed E-state index contributed by atoms with van der Waals surface area (Å²) in [7, 11) is 0. The Morgan fingerprint density at radius 3 is 2.41 bits per heavy atom. The third-order valence-corrected chi connectivity index (χ3v) is 5.60. The number of pyridine rings is 1. The van der Waals surface area contributed by atoms with Crippen molar-refractivity contribution in [2.45, 2.75) is 66.2 Å². The molecule has 3 rings (SSSR count). The number of amides is 1. The number of carbonyl (C=O) groups excluding carboxylic acids is 1. The number of hydrogen-bond acceptors (Lipinski definition) is 5. The highest BCUT2D eigenvalue weighted by Crippen LogP contribution is 2.56. The van der Waals surface area contributed by atoms with Crippen molar-refractivity contribution in [3.05, 3.63) is 36.0 Å². The minimum absolute atomic E-state index is 0.113. The number of benzene rings is 1. The van der Waals surface area contributed by atoms with Crippen LogP contribution < -0.4 is 10.1 Å². The van der Waals surface area contributed by atoms with Gasteiger partial charge in [-0.3, -0.25) is 4.98 Å². The summed E-state index contributed by atoms with van der Waals surface area (Å²) >= 11 is 0. The molecule has 0 spiro atoms. The quantitative estimate of drug-likeness (QED) is 0.806. The van der Waals surface area contributed by atoms with Gasteiger partial charge < -0.3 is 14.8 Å². The van der Waals surface area contributed by atoms with E-state index in [-0.39, 0.29) is 23.0 Å². The highest BCUT2D eigenvalue weighted by atomic mass is 16.6. The third kappa shape index (κ3) is 3.74. The zero-order valence-electron chi connectivity index (χ0n) is 18.2. The molecule has 6 nitrogen and oxygen atoms in total. The van der Waals surface area contributed by atoms with E-state index in [9.17, 15) is 10.1 Å². The van der Waals surface area contributed by atoms with Crippen molar-refractivity contribution in [1.82, 2.24) is 10.3 Å². The Balaban J connectivity index is 1.86. The minimum Gasteiger partial charge on any atom is -0.488 e. The van der Waals surface area contributed by atoms with Crippen LogP contribution in [0.25, 0.3) is 10.9 Å². The van der Waals surface area contributed by atoms with Gasteiger partial charge in [0.25, 0.3) is 0 Å². The first kappa shape index (κ1) is 20.9. The van der Waals surface area contributed by atoms with E-state index >= 15 is 0 Å². The van der Waals surface area contributed by atoms with Crippen molar-refractivity contribution in [3.8, 4) is 11.8 Å². The number of aromatic nitrogens is 1. The average molecular weight is 396 g/mol. The summed E-state index contributed by atoms with van der Waals surface area (Å²) in [6, 6.07) is 9.37. The van der Waals surface area contributed by atoms with E-state index < -0.39 is 11.7 Å². The molecule has 1 amide bonds. The van der Waals surface area contributed by atoms with Crippen LogP contribution in [0.3, 0.4) is 0 Å². The summed E-state index contributed by atoms with van der Waals surface area (Å²) in [5, 5.41) is 13.2. The lowest BCUT2D eigenvalue weighted by Crippen LogP contribution is -2.74. The van der Waals surface area contributed by atoms with Gasteiger partial charge in [-0.05, 0) is 45.0 Å². The largest absolute Gasteiger partial charge is 0.488 e. The zero-order valence-corrected chi connectivity index (χ0v) is 18.2. The van der Waals surface area contributed by atoms with Gasteiger partial charge in [0.1, 0.15) is 23.5 Å². The number of fused-ring (bicyclic) bond motifs is 1. The molecular formula is C23H29N3O3. The van der Waals surface area contributed by atoms with Crippen LogP contribution in [0.1, 0.15) is 54.0 Å². The Morgan fingerprint density at radius 1 is 1.17 bits per heavy atom. The van der Waals surface area contributed by atoms with Crippen LogP contribution in [0.4, 0.5) is 4.79 Å². The van der Waals surface area contributed by atoms with Gasteiger partial charge in [0.05, 0.1) is 11.1 Å². The number of ether oxygens (including phenoxy) is 2. The Hall–Kier alpha value is -2.81. The van der Waals surface area contributed by atoms with Gasteiger partial charge >= 0.3 is 6.09 Å². The Labute approximate surface area is 172 Å². The molecule has 1 aliphatic rings. The average Bonchev–Trinajstić information content (AvgIpc) is 2.62. The van der Waals surface area contributed by atoms with Crippen molar-refractivity contribution in [2.75, 3.05) is 0 Å². The van der Waals surface area contributed by atoms with Gasteiger partial charge in [-0.25, -0.2) is 4.79 Å². The molecular weight excluding hydrogens is 366 g/mol. The molecule has 1 heterocycles. The summed E-state index contributed by atoms with van der Waals surface area (Å²) in [4.78, 5) is 16.7. The number of alkyl carbamates (subject to hydrolysis) is 1. The number of nitrogens with zero attached hydrogens (tertiary/aromatic N) is 2. The first-order valence-corrected chi connectivity index (χ1v) is 9.82. The summed E-state index contributed by atoms with van der Waals surface area (Å²) in [5.74, 6) is 0.689. The fourth-order valence-corrected chi connectivity index (χ4v) is 4.69. The van der Waals surface area contributed by atoms with Crippen molar-refractivity contribution in [3.63, 3.8) is 0 Å². The van der Waals surface area contributed by atoms with Crippen molar-refractivity contribution in [1.29, 1.82) is 5.26 Å². The molecule has 6 heteroatoms. The first-order chi connectivity index (χ1) is 13.4. The predicted octanol–water partition coefficient (Wildman–Crippen LogP) is 4.81. The van der Waals surface area contributed by atoms with E-state index in [1.807, 2.05) is 39.0 Å². The number of carbonyl (C=O) groups is 1. The lowest BCUT2D eigenvalue weighted by molar-refractivity contribution is -0.166. The molecule has 1 fully saturated rings. The Bertz CT molecular complexity index is 967. The van der Waals surface area contributed by atoms with E-state index in [0.29, 0.717) is 16.8 Å². The molecule has 29 heavy (non-hydrogen) atoms. The molecule has 1 aromatic heterocycles. The molecule has 0 saturated heterocycles. The summed E-state index contributed by atoms with van der Waals surface area (Å²) in [6.07, 6.45) is 1.10. The molecule has 1 saturated carbocycles. The number of nitrogens with one attached hydrogen (secondary N) is 1. The van der Waals surface area contributed by atoms with E-state index in [4.69, 9.17) is 9.47 Å². The van der Waals surface area contributed by atoms with Gasteiger partial charge in [0, 0.05) is 28.5 Å². The van der Waals surface area contributed by atoms with Crippen LogP contribution in [-0.2, 0) is 4.74 Å². The normalized spacial score (nSPS) is 22.3. The van der Waals surface area contributed by atoms with Crippen molar-refractivity contribution >= 4 is 17.0 Å². The van der Waals surface area contributed by atoms with Crippen LogP contribution in [0.5, 0.6) is 5.75 Å². The van der Waals surface area contributed by atoms with Crippen LogP contribution in [0.2, 0.25) is 0 Å². The van der Waals surface area contributed by atoms with Crippen LogP contribution in [0, 0.1) is 22.2 Å². The molecule has 1 aromatic carbocycles. The highest BCUT2D eigenvalue weighted by Gasteiger charge is 2.64. The minimum atomic E-state index is -0.549. The van der Waals surface area contributed by atoms with Crippen LogP contribution >= 0.6 is 0 Å². The number of hydrogen-bond donors (Lipinski definition) is 1. The molecule has 154 valence electrons. The number of nitriles is 1. The Kier molecular flexibility index (Phi) is 4.98. The molecule has 2 aromatic rings.